The summed E-state index contributed by atoms with van der Waals surface area (Å²) in [5.41, 5.74) is 2.04. The van der Waals surface area contributed by atoms with Gasteiger partial charge in [0.2, 0.25) is 0 Å². The second-order valence-electron chi connectivity index (χ2n) is 4.80. The molecule has 0 fully saturated rings. The molecule has 116 valence electrons. The maximum atomic E-state index is 12.0. The van der Waals surface area contributed by atoms with Crippen molar-refractivity contribution >= 4 is 34.2 Å². The fourth-order valence-corrected chi connectivity index (χ4v) is 2.11. The number of nitro groups is 1. The van der Waals surface area contributed by atoms with Gasteiger partial charge < -0.3 is 15.1 Å². The SMILES string of the molecule is Cc1nc2cc(NC(=O)Nc3cccc([N+](=O)[O-])c3)ccc2o1. The largest absolute Gasteiger partial charge is 0.441 e. The van der Waals surface area contributed by atoms with E-state index in [1.54, 1.807) is 31.2 Å². The molecule has 0 aliphatic rings. The number of fused-ring (bicyclic) bond motifs is 1. The zero-order valence-corrected chi connectivity index (χ0v) is 12.1. The van der Waals surface area contributed by atoms with Crippen LogP contribution < -0.4 is 10.6 Å². The highest BCUT2D eigenvalue weighted by molar-refractivity contribution is 6.00. The molecule has 0 radical (unpaired) electrons. The molecule has 2 amide bonds. The van der Waals surface area contributed by atoms with E-state index >= 15 is 0 Å². The van der Waals surface area contributed by atoms with Gasteiger partial charge in [-0.3, -0.25) is 10.1 Å². The van der Waals surface area contributed by atoms with E-state index in [2.05, 4.69) is 15.6 Å². The molecular formula is C15H12N4O4. The number of nitrogens with zero attached hydrogens (tertiary/aromatic N) is 2. The Kier molecular flexibility index (Phi) is 3.63. The van der Waals surface area contributed by atoms with Gasteiger partial charge in [0.1, 0.15) is 5.52 Å². The first-order valence-corrected chi connectivity index (χ1v) is 6.71. The summed E-state index contributed by atoms with van der Waals surface area (Å²) in [4.78, 5) is 26.3. The number of rotatable bonds is 3. The van der Waals surface area contributed by atoms with Crippen molar-refractivity contribution in [2.75, 3.05) is 10.6 Å². The minimum atomic E-state index is -0.524. The van der Waals surface area contributed by atoms with E-state index in [9.17, 15) is 14.9 Å². The number of non-ortho nitro benzene ring substituents is 1. The second-order valence-corrected chi connectivity index (χ2v) is 4.80. The first-order valence-electron chi connectivity index (χ1n) is 6.71. The van der Waals surface area contributed by atoms with E-state index in [0.717, 1.165) is 0 Å². The number of carbonyl (C=O) groups excluding carboxylic acids is 1. The Labute approximate surface area is 130 Å². The standard InChI is InChI=1S/C15H12N4O4/c1-9-16-13-8-11(5-6-14(13)23-9)18-15(20)17-10-3-2-4-12(7-10)19(21)22/h2-8H,1H3,(H2,17,18,20). The van der Waals surface area contributed by atoms with Crippen LogP contribution in [0.5, 0.6) is 0 Å². The summed E-state index contributed by atoms with van der Waals surface area (Å²) in [5, 5.41) is 15.9. The Bertz CT molecular complexity index is 903. The van der Waals surface area contributed by atoms with Gasteiger partial charge in [0.25, 0.3) is 5.69 Å². The molecule has 0 bridgehead atoms. The van der Waals surface area contributed by atoms with Gasteiger partial charge in [0.15, 0.2) is 11.5 Å². The van der Waals surface area contributed by atoms with Crippen LogP contribution >= 0.6 is 0 Å². The number of aryl methyl sites for hydroxylation is 1. The van der Waals surface area contributed by atoms with Crippen molar-refractivity contribution in [3.63, 3.8) is 0 Å². The molecule has 0 atom stereocenters. The van der Waals surface area contributed by atoms with Crippen molar-refractivity contribution in [2.24, 2.45) is 0 Å². The highest BCUT2D eigenvalue weighted by Crippen LogP contribution is 2.20. The van der Waals surface area contributed by atoms with E-state index in [0.29, 0.717) is 28.4 Å². The lowest BCUT2D eigenvalue weighted by Gasteiger charge is -2.07. The van der Waals surface area contributed by atoms with Crippen LogP contribution in [0.3, 0.4) is 0 Å². The van der Waals surface area contributed by atoms with Crippen molar-refractivity contribution in [1.29, 1.82) is 0 Å². The monoisotopic (exact) mass is 312 g/mol. The minimum absolute atomic E-state index is 0.0951. The van der Waals surface area contributed by atoms with Gasteiger partial charge in [-0.25, -0.2) is 9.78 Å². The summed E-state index contributed by atoms with van der Waals surface area (Å²) < 4.78 is 5.36. The number of nitro benzene ring substituents is 1. The zero-order valence-electron chi connectivity index (χ0n) is 12.1. The first-order chi connectivity index (χ1) is 11.0. The Morgan fingerprint density at radius 2 is 1.91 bits per heavy atom. The molecule has 0 saturated carbocycles. The maximum Gasteiger partial charge on any atom is 0.323 e. The molecule has 0 spiro atoms. The molecule has 0 aliphatic heterocycles. The zero-order chi connectivity index (χ0) is 16.4. The fraction of sp³-hybridized carbons (Fsp3) is 0.0667. The van der Waals surface area contributed by atoms with Crippen LogP contribution in [0.1, 0.15) is 5.89 Å². The quantitative estimate of drug-likeness (QED) is 0.566. The number of anilines is 2. The van der Waals surface area contributed by atoms with Crippen LogP contribution in [0.25, 0.3) is 11.1 Å². The summed E-state index contributed by atoms with van der Waals surface area (Å²) in [6, 6.07) is 10.3. The third kappa shape index (κ3) is 3.26. The smallest absolute Gasteiger partial charge is 0.323 e. The predicted molar refractivity (Wildman–Crippen MR) is 84.5 cm³/mol. The summed E-state index contributed by atoms with van der Waals surface area (Å²) in [5.74, 6) is 0.540. The Balaban J connectivity index is 1.73. The lowest BCUT2D eigenvalue weighted by Crippen LogP contribution is -2.19. The van der Waals surface area contributed by atoms with Crippen molar-refractivity contribution in [1.82, 2.24) is 4.98 Å². The molecule has 2 N–H and O–H groups in total. The highest BCUT2D eigenvalue weighted by atomic mass is 16.6. The summed E-state index contributed by atoms with van der Waals surface area (Å²) in [6.45, 7) is 1.74. The fourth-order valence-electron chi connectivity index (χ4n) is 2.11. The van der Waals surface area contributed by atoms with Crippen molar-refractivity contribution < 1.29 is 14.1 Å². The molecule has 0 saturated heterocycles. The van der Waals surface area contributed by atoms with Gasteiger partial charge in [0, 0.05) is 30.4 Å². The Hall–Kier alpha value is -3.42. The molecule has 0 aliphatic carbocycles. The van der Waals surface area contributed by atoms with E-state index in [1.807, 2.05) is 0 Å². The Morgan fingerprint density at radius 1 is 1.17 bits per heavy atom. The van der Waals surface area contributed by atoms with Crippen molar-refractivity contribution in [2.45, 2.75) is 6.92 Å². The number of benzene rings is 2. The van der Waals surface area contributed by atoms with E-state index in [4.69, 9.17) is 4.42 Å². The van der Waals surface area contributed by atoms with Crippen LogP contribution in [0.15, 0.2) is 46.9 Å². The molecule has 1 heterocycles. The van der Waals surface area contributed by atoms with E-state index in [-0.39, 0.29) is 5.69 Å². The number of oxazole rings is 1. The number of nitrogens with one attached hydrogen (secondary N) is 2. The molecule has 0 unspecified atom stereocenters. The summed E-state index contributed by atoms with van der Waals surface area (Å²) in [6.07, 6.45) is 0. The molecule has 2 aromatic carbocycles. The van der Waals surface area contributed by atoms with E-state index in [1.165, 1.54) is 18.2 Å². The van der Waals surface area contributed by atoms with Gasteiger partial charge in [-0.1, -0.05) is 6.07 Å². The van der Waals surface area contributed by atoms with Crippen LogP contribution in [0.4, 0.5) is 21.9 Å². The van der Waals surface area contributed by atoms with Gasteiger partial charge >= 0.3 is 6.03 Å². The second kappa shape index (κ2) is 5.76. The number of urea groups is 1. The number of hydrogen-bond donors (Lipinski definition) is 2. The molecule has 8 nitrogen and oxygen atoms in total. The Morgan fingerprint density at radius 3 is 2.65 bits per heavy atom. The number of carbonyl (C=O) groups is 1. The van der Waals surface area contributed by atoms with Gasteiger partial charge in [-0.05, 0) is 24.3 Å². The molecule has 23 heavy (non-hydrogen) atoms. The molecule has 3 rings (SSSR count). The summed E-state index contributed by atoms with van der Waals surface area (Å²) >= 11 is 0. The van der Waals surface area contributed by atoms with Crippen LogP contribution in [-0.4, -0.2) is 15.9 Å². The average molecular weight is 312 g/mol. The first kappa shape index (κ1) is 14.5. The van der Waals surface area contributed by atoms with Crippen LogP contribution in [-0.2, 0) is 0 Å². The summed E-state index contributed by atoms with van der Waals surface area (Å²) in [7, 11) is 0. The van der Waals surface area contributed by atoms with Crippen molar-refractivity contribution in [3.8, 4) is 0 Å². The molecular weight excluding hydrogens is 300 g/mol. The number of aromatic nitrogens is 1. The predicted octanol–water partition coefficient (Wildman–Crippen LogP) is 3.69. The highest BCUT2D eigenvalue weighted by Gasteiger charge is 2.09. The lowest BCUT2D eigenvalue weighted by molar-refractivity contribution is -0.384. The molecule has 1 aromatic heterocycles. The average Bonchev–Trinajstić information content (AvgIpc) is 2.86. The van der Waals surface area contributed by atoms with Gasteiger partial charge in [-0.15, -0.1) is 0 Å². The number of amides is 2. The number of hydrogen-bond acceptors (Lipinski definition) is 5. The lowest BCUT2D eigenvalue weighted by atomic mass is 10.3. The minimum Gasteiger partial charge on any atom is -0.441 e. The van der Waals surface area contributed by atoms with Crippen LogP contribution in [0.2, 0.25) is 0 Å². The van der Waals surface area contributed by atoms with Crippen LogP contribution in [0, 0.1) is 17.0 Å². The molecule has 3 aromatic rings. The third-order valence-electron chi connectivity index (χ3n) is 3.07. The third-order valence-corrected chi connectivity index (χ3v) is 3.07. The van der Waals surface area contributed by atoms with E-state index < -0.39 is 11.0 Å². The molecule has 8 heteroatoms. The van der Waals surface area contributed by atoms with Gasteiger partial charge in [0.05, 0.1) is 4.92 Å². The van der Waals surface area contributed by atoms with Gasteiger partial charge in [-0.2, -0.15) is 0 Å². The maximum absolute atomic E-state index is 12.0. The topological polar surface area (TPSA) is 110 Å². The van der Waals surface area contributed by atoms with Crippen molar-refractivity contribution in [3.05, 3.63) is 58.5 Å². The normalized spacial score (nSPS) is 10.5.